The van der Waals surface area contributed by atoms with Crippen LogP contribution in [0.3, 0.4) is 0 Å². The Bertz CT molecular complexity index is 206. The molecule has 0 heterocycles. The normalized spacial score (nSPS) is 11.6. The molecule has 0 spiro atoms. The third-order valence-corrected chi connectivity index (χ3v) is 0.648. The van der Waals surface area contributed by atoms with Gasteiger partial charge in [0.05, 0.1) is 0 Å². The standard InChI is InChI=1S/C4F6O3.Fe/c5-3(6,7)1(11)13-2(12)4(8,9)10;. The fourth-order valence-electron chi connectivity index (χ4n) is 0.200. The molecule has 0 bridgehead atoms. The van der Waals surface area contributed by atoms with Gasteiger partial charge in [0.1, 0.15) is 0 Å². The molecule has 0 aliphatic heterocycles. The predicted molar refractivity (Wildman–Crippen MR) is 23.2 cm³/mol. The van der Waals surface area contributed by atoms with Crippen molar-refractivity contribution in [3.8, 4) is 0 Å². The zero-order chi connectivity index (χ0) is 10.9. The summed E-state index contributed by atoms with van der Waals surface area (Å²) in [6.45, 7) is 0. The summed E-state index contributed by atoms with van der Waals surface area (Å²) in [7, 11) is 0. The molecule has 84 valence electrons. The summed E-state index contributed by atoms with van der Waals surface area (Å²) >= 11 is 0. The first-order valence-corrected chi connectivity index (χ1v) is 2.45. The molecule has 0 aromatic heterocycles. The summed E-state index contributed by atoms with van der Waals surface area (Å²) in [6.07, 6.45) is -11.2. The molecular weight excluding hydrogens is 266 g/mol. The molecule has 0 saturated carbocycles. The second-order valence-corrected chi connectivity index (χ2v) is 1.67. The van der Waals surface area contributed by atoms with Crippen molar-refractivity contribution >= 4 is 11.9 Å². The van der Waals surface area contributed by atoms with Crippen molar-refractivity contribution < 1.29 is 57.7 Å². The van der Waals surface area contributed by atoms with Gasteiger partial charge in [-0.25, -0.2) is 9.59 Å². The van der Waals surface area contributed by atoms with Crippen molar-refractivity contribution in [3.05, 3.63) is 0 Å². The van der Waals surface area contributed by atoms with E-state index in [9.17, 15) is 35.9 Å². The van der Waals surface area contributed by atoms with E-state index in [4.69, 9.17) is 0 Å². The van der Waals surface area contributed by atoms with Crippen LogP contribution in [0.25, 0.3) is 0 Å². The number of esters is 2. The maximum atomic E-state index is 11.2. The van der Waals surface area contributed by atoms with Gasteiger partial charge in [-0.05, 0) is 0 Å². The average molecular weight is 266 g/mol. The zero-order valence-corrected chi connectivity index (χ0v) is 6.95. The van der Waals surface area contributed by atoms with Gasteiger partial charge in [0, 0.05) is 17.1 Å². The molecule has 0 rings (SSSR count). The first kappa shape index (κ1) is 15.7. The summed E-state index contributed by atoms with van der Waals surface area (Å²) in [5.41, 5.74) is 0. The number of hydrogen-bond donors (Lipinski definition) is 0. The summed E-state index contributed by atoms with van der Waals surface area (Å²) in [4.78, 5) is 19.3. The summed E-state index contributed by atoms with van der Waals surface area (Å²) in [5.74, 6) is -6.40. The van der Waals surface area contributed by atoms with Crippen LogP contribution in [-0.4, -0.2) is 24.3 Å². The van der Waals surface area contributed by atoms with E-state index < -0.39 is 24.3 Å². The van der Waals surface area contributed by atoms with Gasteiger partial charge < -0.3 is 4.74 Å². The molecule has 3 nitrogen and oxygen atoms in total. The average Bonchev–Trinajstić information content (AvgIpc) is 1.82. The Kier molecular flexibility index (Phi) is 5.21. The molecule has 0 unspecified atom stereocenters. The van der Waals surface area contributed by atoms with Crippen LogP contribution in [-0.2, 0) is 31.4 Å². The van der Waals surface area contributed by atoms with Crippen LogP contribution in [0.4, 0.5) is 26.3 Å². The van der Waals surface area contributed by atoms with E-state index in [2.05, 4.69) is 4.74 Å². The molecule has 0 aliphatic carbocycles. The largest absolute Gasteiger partial charge is 0.491 e. The Hall–Kier alpha value is -0.761. The minimum Gasteiger partial charge on any atom is -0.380 e. The van der Waals surface area contributed by atoms with E-state index in [1.165, 1.54) is 0 Å². The van der Waals surface area contributed by atoms with E-state index >= 15 is 0 Å². The van der Waals surface area contributed by atoms with Gasteiger partial charge in [0.25, 0.3) is 0 Å². The summed E-state index contributed by atoms with van der Waals surface area (Å²) in [5, 5.41) is 0. The van der Waals surface area contributed by atoms with Crippen molar-refractivity contribution in [2.75, 3.05) is 0 Å². The van der Waals surface area contributed by atoms with E-state index in [1.54, 1.807) is 0 Å². The first-order valence-electron chi connectivity index (χ1n) is 2.45. The Morgan fingerprint density at radius 3 is 1.14 bits per heavy atom. The first-order chi connectivity index (χ1) is 5.55. The molecule has 0 saturated heterocycles. The fourth-order valence-corrected chi connectivity index (χ4v) is 0.200. The zero-order valence-electron chi connectivity index (χ0n) is 5.85. The molecule has 0 amide bonds. The molecule has 0 aliphatic rings. The van der Waals surface area contributed by atoms with Gasteiger partial charge in [-0.15, -0.1) is 0 Å². The Morgan fingerprint density at radius 1 is 0.786 bits per heavy atom. The van der Waals surface area contributed by atoms with Gasteiger partial charge >= 0.3 is 24.3 Å². The van der Waals surface area contributed by atoms with Crippen molar-refractivity contribution in [3.63, 3.8) is 0 Å². The van der Waals surface area contributed by atoms with Gasteiger partial charge in [0.2, 0.25) is 0 Å². The fraction of sp³-hybridized carbons (Fsp3) is 0.500. The Morgan fingerprint density at radius 2 is 1.00 bits per heavy atom. The van der Waals surface area contributed by atoms with Gasteiger partial charge in [0.15, 0.2) is 0 Å². The van der Waals surface area contributed by atoms with Crippen molar-refractivity contribution in [2.45, 2.75) is 12.4 Å². The minimum atomic E-state index is -5.62. The Balaban J connectivity index is 0. The molecular formula is C4F6FeO3. The van der Waals surface area contributed by atoms with Crippen molar-refractivity contribution in [1.82, 2.24) is 0 Å². The van der Waals surface area contributed by atoms with Gasteiger partial charge in [-0.2, -0.15) is 26.3 Å². The molecule has 0 radical (unpaired) electrons. The van der Waals surface area contributed by atoms with Crippen LogP contribution < -0.4 is 0 Å². The second-order valence-electron chi connectivity index (χ2n) is 1.67. The quantitative estimate of drug-likeness (QED) is 0.286. The van der Waals surface area contributed by atoms with Crippen LogP contribution in [0.1, 0.15) is 0 Å². The number of rotatable bonds is 0. The molecule has 0 atom stereocenters. The number of ether oxygens (including phenoxy) is 1. The number of hydrogen-bond acceptors (Lipinski definition) is 3. The maximum Gasteiger partial charge on any atom is 0.491 e. The van der Waals surface area contributed by atoms with E-state index in [1.807, 2.05) is 0 Å². The monoisotopic (exact) mass is 266 g/mol. The van der Waals surface area contributed by atoms with E-state index in [0.717, 1.165) is 0 Å². The maximum absolute atomic E-state index is 11.2. The Labute approximate surface area is 82.9 Å². The SMILES string of the molecule is O=C(OC(=O)C(F)(F)F)C(F)(F)F.[Fe]. The van der Waals surface area contributed by atoms with Crippen LogP contribution in [0.5, 0.6) is 0 Å². The van der Waals surface area contributed by atoms with Gasteiger partial charge in [-0.3, -0.25) is 0 Å². The molecule has 0 aromatic rings. The number of halogens is 6. The van der Waals surface area contributed by atoms with Crippen LogP contribution in [0, 0.1) is 0 Å². The minimum absolute atomic E-state index is 0. The molecule has 0 N–H and O–H groups in total. The topological polar surface area (TPSA) is 43.4 Å². The van der Waals surface area contributed by atoms with Crippen molar-refractivity contribution in [2.24, 2.45) is 0 Å². The second kappa shape index (κ2) is 4.65. The molecule has 0 aromatic carbocycles. The number of carbonyl (C=O) groups is 2. The smallest absolute Gasteiger partial charge is 0.380 e. The van der Waals surface area contributed by atoms with E-state index in [-0.39, 0.29) is 17.1 Å². The van der Waals surface area contributed by atoms with Crippen molar-refractivity contribution in [1.29, 1.82) is 0 Å². The van der Waals surface area contributed by atoms with E-state index in [0.29, 0.717) is 0 Å². The summed E-state index contributed by atoms with van der Waals surface area (Å²) in [6, 6.07) is 0. The van der Waals surface area contributed by atoms with Crippen LogP contribution in [0.15, 0.2) is 0 Å². The predicted octanol–water partition coefficient (Wildman–Crippen LogP) is 1.18. The van der Waals surface area contributed by atoms with Crippen LogP contribution in [0.2, 0.25) is 0 Å². The summed E-state index contributed by atoms with van der Waals surface area (Å²) < 4.78 is 69.7. The third-order valence-electron chi connectivity index (χ3n) is 0.648. The third kappa shape index (κ3) is 5.07. The van der Waals surface area contributed by atoms with Gasteiger partial charge in [-0.1, -0.05) is 0 Å². The number of carbonyl (C=O) groups excluding carboxylic acids is 2. The van der Waals surface area contributed by atoms with Crippen LogP contribution >= 0.6 is 0 Å². The number of alkyl halides is 6. The molecule has 0 fully saturated rings. The molecule has 14 heavy (non-hydrogen) atoms. The molecule has 10 heteroatoms.